The van der Waals surface area contributed by atoms with E-state index in [2.05, 4.69) is 4.99 Å². The Kier molecular flexibility index (Phi) is 8.53. The van der Waals surface area contributed by atoms with Gasteiger partial charge in [0, 0.05) is 6.42 Å². The second-order valence-electron chi connectivity index (χ2n) is 5.23. The lowest BCUT2D eigenvalue weighted by atomic mass is 10.1. The number of rotatable bonds is 0. The van der Waals surface area contributed by atoms with Gasteiger partial charge in [0.25, 0.3) is 0 Å². The molecule has 0 fully saturated rings. The van der Waals surface area contributed by atoms with Crippen LogP contribution in [0.3, 0.4) is 0 Å². The quantitative estimate of drug-likeness (QED) is 0.614. The molecule has 1 aliphatic rings. The van der Waals surface area contributed by atoms with Gasteiger partial charge in [-0.3, -0.25) is 9.79 Å². The first-order valence-electron chi connectivity index (χ1n) is 7.46. The highest BCUT2D eigenvalue weighted by Crippen LogP contribution is 2.11. The van der Waals surface area contributed by atoms with Crippen molar-refractivity contribution in [2.24, 2.45) is 4.99 Å². The standard InChI is InChI=1S/C15H27NO2/c1-14-13-18-15(17)11-9-7-5-3-2-4-6-8-10-12-16-14/h12,14H,2-11,13H2,1H3. The highest BCUT2D eigenvalue weighted by Gasteiger charge is 2.05. The number of hydrogen-bond acceptors (Lipinski definition) is 3. The van der Waals surface area contributed by atoms with Gasteiger partial charge in [-0.1, -0.05) is 38.5 Å². The summed E-state index contributed by atoms with van der Waals surface area (Å²) in [6.45, 7) is 2.42. The molecule has 0 N–H and O–H groups in total. The molecule has 3 heteroatoms. The largest absolute Gasteiger partial charge is 0.463 e. The van der Waals surface area contributed by atoms with E-state index in [4.69, 9.17) is 4.74 Å². The lowest BCUT2D eigenvalue weighted by Crippen LogP contribution is -2.14. The maximum atomic E-state index is 11.4. The summed E-state index contributed by atoms with van der Waals surface area (Å²) < 4.78 is 5.20. The molecule has 0 aromatic rings. The topological polar surface area (TPSA) is 38.7 Å². The van der Waals surface area contributed by atoms with Crippen molar-refractivity contribution in [2.75, 3.05) is 6.61 Å². The van der Waals surface area contributed by atoms with E-state index >= 15 is 0 Å². The molecule has 0 spiro atoms. The van der Waals surface area contributed by atoms with Gasteiger partial charge in [0.15, 0.2) is 0 Å². The van der Waals surface area contributed by atoms with Gasteiger partial charge >= 0.3 is 5.97 Å². The summed E-state index contributed by atoms with van der Waals surface area (Å²) in [6.07, 6.45) is 13.5. The van der Waals surface area contributed by atoms with Crippen LogP contribution in [-0.2, 0) is 9.53 Å². The first-order valence-corrected chi connectivity index (χ1v) is 7.46. The van der Waals surface area contributed by atoms with E-state index < -0.39 is 0 Å². The van der Waals surface area contributed by atoms with Crippen molar-refractivity contribution < 1.29 is 9.53 Å². The predicted molar refractivity (Wildman–Crippen MR) is 75.1 cm³/mol. The Balaban J connectivity index is 2.29. The SMILES string of the molecule is CC1COC(=O)CCCCCCCCCCC=N1. The van der Waals surface area contributed by atoms with Crippen LogP contribution in [0.25, 0.3) is 0 Å². The van der Waals surface area contributed by atoms with Crippen molar-refractivity contribution in [2.45, 2.75) is 77.2 Å². The van der Waals surface area contributed by atoms with Gasteiger partial charge < -0.3 is 4.74 Å². The van der Waals surface area contributed by atoms with Crippen LogP contribution in [0.15, 0.2) is 4.99 Å². The predicted octanol–water partition coefficient (Wildman–Crippen LogP) is 3.90. The van der Waals surface area contributed by atoms with Crippen molar-refractivity contribution in [3.8, 4) is 0 Å². The molecule has 0 amide bonds. The van der Waals surface area contributed by atoms with Crippen molar-refractivity contribution in [1.29, 1.82) is 0 Å². The molecule has 1 heterocycles. The highest BCUT2D eigenvalue weighted by molar-refractivity contribution is 5.69. The average molecular weight is 253 g/mol. The van der Waals surface area contributed by atoms with Gasteiger partial charge in [0.1, 0.15) is 6.61 Å². The Labute approximate surface area is 111 Å². The number of carbonyl (C=O) groups excluding carboxylic acids is 1. The minimum absolute atomic E-state index is 0.0656. The van der Waals surface area contributed by atoms with Crippen molar-refractivity contribution in [3.05, 3.63) is 0 Å². The fraction of sp³-hybridized carbons (Fsp3) is 0.867. The van der Waals surface area contributed by atoms with Crippen LogP contribution < -0.4 is 0 Å². The third kappa shape index (κ3) is 8.26. The monoisotopic (exact) mass is 253 g/mol. The summed E-state index contributed by atoms with van der Waals surface area (Å²) in [6, 6.07) is 0.0989. The molecule has 0 aromatic heterocycles. The molecule has 0 saturated heterocycles. The molecule has 0 aromatic carbocycles. The third-order valence-electron chi connectivity index (χ3n) is 3.31. The zero-order valence-corrected chi connectivity index (χ0v) is 11.7. The second-order valence-corrected chi connectivity index (χ2v) is 5.23. The summed E-state index contributed by atoms with van der Waals surface area (Å²) in [5, 5.41) is 0. The van der Waals surface area contributed by atoms with Crippen LogP contribution in [0.2, 0.25) is 0 Å². The zero-order chi connectivity index (χ0) is 13.1. The summed E-state index contributed by atoms with van der Waals surface area (Å²) in [4.78, 5) is 15.8. The van der Waals surface area contributed by atoms with Crippen LogP contribution in [0, 0.1) is 0 Å². The number of aliphatic imine (C=N–C) groups is 1. The first kappa shape index (κ1) is 15.2. The van der Waals surface area contributed by atoms with E-state index in [0.717, 1.165) is 19.3 Å². The first-order chi connectivity index (χ1) is 8.79. The van der Waals surface area contributed by atoms with E-state index in [0.29, 0.717) is 13.0 Å². The molecule has 1 rings (SSSR count). The van der Waals surface area contributed by atoms with E-state index in [9.17, 15) is 4.79 Å². The maximum absolute atomic E-state index is 11.4. The summed E-state index contributed by atoms with van der Waals surface area (Å²) in [5.41, 5.74) is 0. The summed E-state index contributed by atoms with van der Waals surface area (Å²) >= 11 is 0. The van der Waals surface area contributed by atoms with Gasteiger partial charge in [0.2, 0.25) is 0 Å². The van der Waals surface area contributed by atoms with Crippen LogP contribution in [0.1, 0.15) is 71.1 Å². The molecule has 0 bridgehead atoms. The Bertz CT molecular complexity index is 251. The molecule has 0 saturated carbocycles. The normalized spacial score (nSPS) is 25.6. The Morgan fingerprint density at radius 3 is 2.39 bits per heavy atom. The maximum Gasteiger partial charge on any atom is 0.305 e. The van der Waals surface area contributed by atoms with Crippen LogP contribution >= 0.6 is 0 Å². The van der Waals surface area contributed by atoms with E-state index in [1.165, 1.54) is 38.5 Å². The molecule has 104 valence electrons. The number of cyclic esters (lactones) is 1. The molecule has 1 atom stereocenters. The Morgan fingerprint density at radius 2 is 1.67 bits per heavy atom. The van der Waals surface area contributed by atoms with Gasteiger partial charge in [-0.25, -0.2) is 0 Å². The van der Waals surface area contributed by atoms with Crippen LogP contribution in [0.4, 0.5) is 0 Å². The van der Waals surface area contributed by atoms with Crippen LogP contribution in [0.5, 0.6) is 0 Å². The zero-order valence-electron chi connectivity index (χ0n) is 11.7. The molecule has 1 aliphatic heterocycles. The van der Waals surface area contributed by atoms with E-state index in [-0.39, 0.29) is 12.0 Å². The average Bonchev–Trinajstić information content (AvgIpc) is 2.36. The number of ether oxygens (including phenoxy) is 1. The van der Waals surface area contributed by atoms with Crippen molar-refractivity contribution in [3.63, 3.8) is 0 Å². The second kappa shape index (κ2) is 10.1. The van der Waals surface area contributed by atoms with Crippen LogP contribution in [-0.4, -0.2) is 24.8 Å². The summed E-state index contributed by atoms with van der Waals surface area (Å²) in [5.74, 6) is -0.0656. The van der Waals surface area contributed by atoms with Gasteiger partial charge in [-0.2, -0.15) is 0 Å². The minimum Gasteiger partial charge on any atom is -0.463 e. The molecule has 3 nitrogen and oxygen atoms in total. The van der Waals surface area contributed by atoms with Gasteiger partial charge in [0.05, 0.1) is 6.04 Å². The van der Waals surface area contributed by atoms with E-state index in [1.807, 2.05) is 13.1 Å². The third-order valence-corrected chi connectivity index (χ3v) is 3.31. The number of hydrogen-bond donors (Lipinski definition) is 0. The summed E-state index contributed by atoms with van der Waals surface area (Å²) in [7, 11) is 0. The highest BCUT2D eigenvalue weighted by atomic mass is 16.5. The van der Waals surface area contributed by atoms with E-state index in [1.54, 1.807) is 0 Å². The number of carbonyl (C=O) groups is 1. The molecular formula is C15H27NO2. The lowest BCUT2D eigenvalue weighted by molar-refractivity contribution is -0.144. The number of nitrogens with zero attached hydrogens (tertiary/aromatic N) is 1. The minimum atomic E-state index is -0.0656. The van der Waals surface area contributed by atoms with Gasteiger partial charge in [-0.05, 0) is 32.4 Å². The Morgan fingerprint density at radius 1 is 1.06 bits per heavy atom. The molecular weight excluding hydrogens is 226 g/mol. The molecule has 0 radical (unpaired) electrons. The molecule has 0 aliphatic carbocycles. The van der Waals surface area contributed by atoms with Crippen molar-refractivity contribution >= 4 is 12.2 Å². The Hall–Kier alpha value is -0.860. The van der Waals surface area contributed by atoms with Gasteiger partial charge in [-0.15, -0.1) is 0 Å². The smallest absolute Gasteiger partial charge is 0.305 e. The lowest BCUT2D eigenvalue weighted by Gasteiger charge is -2.08. The molecule has 1 unspecified atom stereocenters. The number of esters is 1. The fourth-order valence-electron chi connectivity index (χ4n) is 2.15. The fourth-order valence-corrected chi connectivity index (χ4v) is 2.15. The molecule has 18 heavy (non-hydrogen) atoms. The van der Waals surface area contributed by atoms with Crippen molar-refractivity contribution in [1.82, 2.24) is 0 Å².